The molecule has 1 radical (unpaired) electrons. The summed E-state index contributed by atoms with van der Waals surface area (Å²) in [6, 6.07) is 8.40. The van der Waals surface area contributed by atoms with Gasteiger partial charge in [0.2, 0.25) is 0 Å². The summed E-state index contributed by atoms with van der Waals surface area (Å²) in [6.45, 7) is 11.4. The number of hydrogen-bond donors (Lipinski definition) is 0. The molecule has 91 valence electrons. The van der Waals surface area contributed by atoms with Crippen molar-refractivity contribution in [2.45, 2.75) is 20.8 Å². The van der Waals surface area contributed by atoms with Crippen LogP contribution in [-0.4, -0.2) is 11.4 Å². The first-order valence-corrected chi connectivity index (χ1v) is 5.98. The SMILES string of the molecule is C=C1C(C)=C[C-]=C(c2ccccc2C)N1CC.[Y]. The Kier molecular flexibility index (Phi) is 5.56. The molecule has 0 unspecified atom stereocenters. The number of rotatable bonds is 2. The molecule has 0 amide bonds. The van der Waals surface area contributed by atoms with Crippen LogP contribution in [0, 0.1) is 13.0 Å². The fraction of sp³-hybridized carbons (Fsp3) is 0.250. The number of aryl methyl sites for hydroxylation is 1. The Labute approximate surface area is 135 Å². The summed E-state index contributed by atoms with van der Waals surface area (Å²) in [6.07, 6.45) is 5.40. The third kappa shape index (κ3) is 2.84. The van der Waals surface area contributed by atoms with Gasteiger partial charge < -0.3 is 4.90 Å². The van der Waals surface area contributed by atoms with E-state index in [-0.39, 0.29) is 32.7 Å². The molecule has 1 nitrogen and oxygen atoms in total. The normalized spacial score (nSPS) is 14.8. The van der Waals surface area contributed by atoms with Gasteiger partial charge >= 0.3 is 0 Å². The van der Waals surface area contributed by atoms with Gasteiger partial charge in [-0.1, -0.05) is 55.4 Å². The summed E-state index contributed by atoms with van der Waals surface area (Å²) < 4.78 is 0. The molecule has 1 heterocycles. The van der Waals surface area contributed by atoms with Gasteiger partial charge in [0.25, 0.3) is 0 Å². The van der Waals surface area contributed by atoms with E-state index in [2.05, 4.69) is 62.6 Å². The monoisotopic (exact) mass is 313 g/mol. The van der Waals surface area contributed by atoms with E-state index in [0.717, 1.165) is 17.9 Å². The molecule has 0 aliphatic carbocycles. The van der Waals surface area contributed by atoms with E-state index >= 15 is 0 Å². The molecule has 1 aliphatic heterocycles. The summed E-state index contributed by atoms with van der Waals surface area (Å²) in [7, 11) is 0. The van der Waals surface area contributed by atoms with Crippen molar-refractivity contribution in [3.05, 3.63) is 65.4 Å². The molecule has 0 N–H and O–H groups in total. The molecular weight excluding hydrogens is 295 g/mol. The maximum absolute atomic E-state index is 4.15. The molecule has 0 saturated heterocycles. The smallest absolute Gasteiger partial charge is 0.0169 e. The molecule has 18 heavy (non-hydrogen) atoms. The molecule has 1 aromatic rings. The number of likely N-dealkylation sites (N-methyl/N-ethyl adjacent to an activating group) is 1. The van der Waals surface area contributed by atoms with E-state index in [1.54, 1.807) is 0 Å². The quantitative estimate of drug-likeness (QED) is 0.748. The number of allylic oxidation sites excluding steroid dienone is 3. The van der Waals surface area contributed by atoms with Gasteiger partial charge in [0, 0.05) is 39.3 Å². The van der Waals surface area contributed by atoms with Crippen molar-refractivity contribution in [1.29, 1.82) is 0 Å². The van der Waals surface area contributed by atoms with Crippen LogP contribution < -0.4 is 0 Å². The van der Waals surface area contributed by atoms with Gasteiger partial charge in [-0.15, -0.1) is 11.6 Å². The fourth-order valence-electron chi connectivity index (χ4n) is 2.10. The van der Waals surface area contributed by atoms with Crippen molar-refractivity contribution in [2.75, 3.05) is 6.54 Å². The van der Waals surface area contributed by atoms with Gasteiger partial charge in [-0.05, 0) is 12.6 Å². The second-order valence-corrected chi connectivity index (χ2v) is 4.33. The Hall–Kier alpha value is -0.656. The van der Waals surface area contributed by atoms with Crippen molar-refractivity contribution in [3.8, 4) is 0 Å². The second-order valence-electron chi connectivity index (χ2n) is 4.33. The largest absolute Gasteiger partial charge is 0.376 e. The average Bonchev–Trinajstić information content (AvgIpc) is 2.33. The third-order valence-electron chi connectivity index (χ3n) is 3.19. The minimum absolute atomic E-state index is 0. The Morgan fingerprint density at radius 3 is 2.50 bits per heavy atom. The van der Waals surface area contributed by atoms with E-state index in [9.17, 15) is 0 Å². The topological polar surface area (TPSA) is 3.24 Å². The van der Waals surface area contributed by atoms with Crippen LogP contribution in [0.4, 0.5) is 0 Å². The summed E-state index contributed by atoms with van der Waals surface area (Å²) in [5.74, 6) is 0. The van der Waals surface area contributed by atoms with Crippen LogP contribution in [0.25, 0.3) is 5.70 Å². The first-order valence-electron chi connectivity index (χ1n) is 5.98. The van der Waals surface area contributed by atoms with E-state index in [4.69, 9.17) is 0 Å². The predicted molar refractivity (Wildman–Crippen MR) is 73.1 cm³/mol. The summed E-state index contributed by atoms with van der Waals surface area (Å²) in [5, 5.41) is 0. The van der Waals surface area contributed by atoms with E-state index in [1.807, 2.05) is 6.08 Å². The van der Waals surface area contributed by atoms with Crippen LogP contribution in [0.2, 0.25) is 0 Å². The molecule has 0 atom stereocenters. The van der Waals surface area contributed by atoms with Crippen LogP contribution >= 0.6 is 0 Å². The van der Waals surface area contributed by atoms with Gasteiger partial charge in [-0.3, -0.25) is 0 Å². The first kappa shape index (κ1) is 15.4. The van der Waals surface area contributed by atoms with E-state index in [1.165, 1.54) is 16.7 Å². The Morgan fingerprint density at radius 2 is 1.89 bits per heavy atom. The standard InChI is InChI=1S/C16H18N.Y/c1-5-17-14(4)12(2)10-11-16(17)15-9-7-6-8-13(15)3;/h6-10H,4-5H2,1-3H3;/q-1;. The van der Waals surface area contributed by atoms with Crippen LogP contribution in [0.5, 0.6) is 0 Å². The van der Waals surface area contributed by atoms with Crippen LogP contribution in [0.15, 0.2) is 48.2 Å². The van der Waals surface area contributed by atoms with Crippen LogP contribution in [0.3, 0.4) is 0 Å². The minimum Gasteiger partial charge on any atom is -0.376 e. The second kappa shape index (κ2) is 6.49. The molecular formula is C16H18NY-. The molecule has 1 aliphatic rings. The van der Waals surface area contributed by atoms with E-state index in [0.29, 0.717) is 0 Å². The van der Waals surface area contributed by atoms with Crippen LogP contribution in [0.1, 0.15) is 25.0 Å². The number of nitrogens with zero attached hydrogens (tertiary/aromatic N) is 1. The van der Waals surface area contributed by atoms with Gasteiger partial charge in [0.05, 0.1) is 0 Å². The zero-order chi connectivity index (χ0) is 12.4. The van der Waals surface area contributed by atoms with Crippen molar-refractivity contribution in [3.63, 3.8) is 0 Å². The number of hydrogen-bond acceptors (Lipinski definition) is 1. The molecule has 0 saturated carbocycles. The van der Waals surface area contributed by atoms with E-state index < -0.39 is 0 Å². The average molecular weight is 313 g/mol. The Balaban J connectivity index is 0.00000162. The fourth-order valence-corrected chi connectivity index (χ4v) is 2.10. The van der Waals surface area contributed by atoms with Crippen molar-refractivity contribution in [1.82, 2.24) is 4.90 Å². The van der Waals surface area contributed by atoms with Gasteiger partial charge in [-0.25, -0.2) is 0 Å². The first-order chi connectivity index (χ1) is 8.15. The molecule has 2 heteroatoms. The molecule has 0 aromatic heterocycles. The molecule has 0 bridgehead atoms. The maximum atomic E-state index is 4.15. The summed E-state index contributed by atoms with van der Waals surface area (Å²) in [4.78, 5) is 2.22. The summed E-state index contributed by atoms with van der Waals surface area (Å²) in [5.41, 5.74) is 5.89. The zero-order valence-electron chi connectivity index (χ0n) is 11.3. The predicted octanol–water partition coefficient (Wildman–Crippen LogP) is 3.93. The van der Waals surface area contributed by atoms with Gasteiger partial charge in [-0.2, -0.15) is 12.2 Å². The van der Waals surface area contributed by atoms with Crippen molar-refractivity contribution < 1.29 is 32.7 Å². The molecule has 0 fully saturated rings. The summed E-state index contributed by atoms with van der Waals surface area (Å²) >= 11 is 0. The van der Waals surface area contributed by atoms with Crippen molar-refractivity contribution >= 4 is 5.70 Å². The minimum atomic E-state index is 0. The van der Waals surface area contributed by atoms with Gasteiger partial charge in [0.15, 0.2) is 0 Å². The third-order valence-corrected chi connectivity index (χ3v) is 3.19. The molecule has 0 spiro atoms. The Morgan fingerprint density at radius 1 is 1.22 bits per heavy atom. The molecule has 2 rings (SSSR count). The Bertz CT molecular complexity index is 512. The van der Waals surface area contributed by atoms with Crippen LogP contribution in [-0.2, 0) is 32.7 Å². The van der Waals surface area contributed by atoms with Gasteiger partial charge in [0.1, 0.15) is 0 Å². The maximum Gasteiger partial charge on any atom is 0.0169 e. The van der Waals surface area contributed by atoms with Crippen molar-refractivity contribution in [2.24, 2.45) is 0 Å². The molecule has 1 aromatic carbocycles. The number of benzene rings is 1. The zero-order valence-corrected chi connectivity index (χ0v) is 14.2.